The van der Waals surface area contributed by atoms with E-state index >= 15 is 0 Å². The monoisotopic (exact) mass is 470 g/mol. The van der Waals surface area contributed by atoms with Gasteiger partial charge in [-0.25, -0.2) is 8.42 Å². The number of anilines is 1. The summed E-state index contributed by atoms with van der Waals surface area (Å²) in [6.07, 6.45) is 2.40. The highest BCUT2D eigenvalue weighted by Crippen LogP contribution is 2.32. The van der Waals surface area contributed by atoms with Gasteiger partial charge in [0.1, 0.15) is 12.3 Å². The first-order valence-corrected chi connectivity index (χ1v) is 11.7. The van der Waals surface area contributed by atoms with Crippen LogP contribution < -0.4 is 23.8 Å². The van der Waals surface area contributed by atoms with E-state index in [1.54, 1.807) is 26.4 Å². The molecule has 0 atom stereocenters. The van der Waals surface area contributed by atoms with Gasteiger partial charge in [0.15, 0.2) is 11.5 Å². The van der Waals surface area contributed by atoms with Crippen LogP contribution in [0.15, 0.2) is 36.4 Å². The minimum absolute atomic E-state index is 0.206. The van der Waals surface area contributed by atoms with Gasteiger partial charge in [0.05, 0.1) is 33.3 Å². The molecule has 31 heavy (non-hydrogen) atoms. The molecule has 0 bridgehead atoms. The number of nitrogens with zero attached hydrogens (tertiary/aromatic N) is 1. The molecule has 170 valence electrons. The van der Waals surface area contributed by atoms with E-state index in [0.29, 0.717) is 41.7 Å². The van der Waals surface area contributed by atoms with Crippen LogP contribution in [0.4, 0.5) is 5.69 Å². The van der Waals surface area contributed by atoms with Gasteiger partial charge >= 0.3 is 0 Å². The smallest absolute Gasteiger partial charge is 0.240 e. The summed E-state index contributed by atoms with van der Waals surface area (Å²) in [7, 11) is 0.825. The van der Waals surface area contributed by atoms with Gasteiger partial charge in [0.2, 0.25) is 15.9 Å². The molecule has 0 aromatic heterocycles. The molecule has 0 saturated heterocycles. The number of hydrogen-bond donors (Lipinski definition) is 1. The lowest BCUT2D eigenvalue weighted by Gasteiger charge is -2.24. The molecule has 8 nitrogen and oxygen atoms in total. The van der Waals surface area contributed by atoms with Crippen molar-refractivity contribution in [1.82, 2.24) is 5.32 Å². The Morgan fingerprint density at radius 2 is 1.65 bits per heavy atom. The second kappa shape index (κ2) is 11.1. The molecule has 10 heteroatoms. The second-order valence-corrected chi connectivity index (χ2v) is 9.07. The van der Waals surface area contributed by atoms with Crippen LogP contribution in [0, 0.1) is 0 Å². The highest BCUT2D eigenvalue weighted by molar-refractivity contribution is 7.92. The van der Waals surface area contributed by atoms with E-state index in [4.69, 9.17) is 25.8 Å². The lowest BCUT2D eigenvalue weighted by molar-refractivity contribution is -0.119. The molecule has 1 N–H and O–H groups in total. The fourth-order valence-corrected chi connectivity index (χ4v) is 4.00. The normalized spacial score (nSPS) is 11.0. The van der Waals surface area contributed by atoms with Gasteiger partial charge in [-0.3, -0.25) is 9.10 Å². The fourth-order valence-electron chi connectivity index (χ4n) is 2.98. The quantitative estimate of drug-likeness (QED) is 0.507. The Bertz CT molecular complexity index is 1010. The Kier molecular flexibility index (Phi) is 8.82. The molecule has 0 heterocycles. The number of ether oxygens (including phenoxy) is 3. The minimum Gasteiger partial charge on any atom is -0.495 e. The third kappa shape index (κ3) is 6.93. The minimum atomic E-state index is -3.74. The first-order valence-electron chi connectivity index (χ1n) is 9.48. The fraction of sp³-hybridized carbons (Fsp3) is 0.381. The average Bonchev–Trinajstić information content (AvgIpc) is 2.74. The van der Waals surface area contributed by atoms with E-state index < -0.39 is 15.9 Å². The molecule has 1 amide bonds. The van der Waals surface area contributed by atoms with Crippen LogP contribution in [-0.2, 0) is 21.2 Å². The summed E-state index contributed by atoms with van der Waals surface area (Å²) in [5.74, 6) is 1.16. The van der Waals surface area contributed by atoms with Gasteiger partial charge in [0, 0.05) is 11.6 Å². The molecule has 0 aliphatic carbocycles. The van der Waals surface area contributed by atoms with E-state index in [1.807, 2.05) is 18.2 Å². The van der Waals surface area contributed by atoms with Crippen LogP contribution in [0.3, 0.4) is 0 Å². The van der Waals surface area contributed by atoms with Crippen LogP contribution in [0.5, 0.6) is 17.2 Å². The summed E-state index contributed by atoms with van der Waals surface area (Å²) >= 11 is 6.01. The van der Waals surface area contributed by atoms with Crippen molar-refractivity contribution in [2.45, 2.75) is 12.8 Å². The molecule has 2 aromatic carbocycles. The SMILES string of the molecule is COc1ccc(CCCNC(=O)CN(c2cc(Cl)ccc2OC)S(C)(=O)=O)cc1OC. The number of rotatable bonds is 11. The lowest BCUT2D eigenvalue weighted by Crippen LogP contribution is -2.40. The van der Waals surface area contributed by atoms with Gasteiger partial charge < -0.3 is 19.5 Å². The van der Waals surface area contributed by atoms with E-state index in [9.17, 15) is 13.2 Å². The molecule has 2 aromatic rings. The topological polar surface area (TPSA) is 94.2 Å². The number of hydrogen-bond acceptors (Lipinski definition) is 6. The first-order chi connectivity index (χ1) is 14.7. The lowest BCUT2D eigenvalue weighted by atomic mass is 10.1. The number of methoxy groups -OCH3 is 3. The maximum absolute atomic E-state index is 12.4. The van der Waals surface area contributed by atoms with Gasteiger partial charge in [-0.2, -0.15) is 0 Å². The van der Waals surface area contributed by atoms with Gasteiger partial charge in [0.25, 0.3) is 0 Å². The molecular weight excluding hydrogens is 444 g/mol. The second-order valence-electron chi connectivity index (χ2n) is 6.73. The summed E-state index contributed by atoms with van der Waals surface area (Å²) in [5.41, 5.74) is 1.24. The van der Waals surface area contributed by atoms with Crippen molar-refractivity contribution in [1.29, 1.82) is 0 Å². The van der Waals surface area contributed by atoms with E-state index in [2.05, 4.69) is 5.32 Å². The highest BCUT2D eigenvalue weighted by Gasteiger charge is 2.24. The molecule has 0 aliphatic heterocycles. The van der Waals surface area contributed by atoms with Crippen molar-refractivity contribution in [3.05, 3.63) is 47.0 Å². The Labute approximate surface area is 188 Å². The molecule has 0 saturated carbocycles. The zero-order valence-electron chi connectivity index (χ0n) is 18.0. The van der Waals surface area contributed by atoms with Crippen LogP contribution in [-0.4, -0.2) is 55.0 Å². The summed E-state index contributed by atoms with van der Waals surface area (Å²) in [5, 5.41) is 3.09. The molecule has 0 radical (unpaired) electrons. The first kappa shape index (κ1) is 24.6. The number of sulfonamides is 1. The number of benzene rings is 2. The van der Waals surface area contributed by atoms with Crippen LogP contribution in [0.2, 0.25) is 5.02 Å². The average molecular weight is 471 g/mol. The molecule has 0 spiro atoms. The van der Waals surface area contributed by atoms with E-state index in [0.717, 1.165) is 16.1 Å². The Hall–Kier alpha value is -2.65. The van der Waals surface area contributed by atoms with Crippen molar-refractivity contribution in [2.24, 2.45) is 0 Å². The van der Waals surface area contributed by atoms with Crippen LogP contribution in [0.1, 0.15) is 12.0 Å². The summed E-state index contributed by atoms with van der Waals surface area (Å²) in [4.78, 5) is 12.4. The Morgan fingerprint density at radius 3 is 2.26 bits per heavy atom. The molecular formula is C21H27ClN2O6S. The predicted octanol–water partition coefficient (Wildman–Crippen LogP) is 2.88. The number of nitrogens with one attached hydrogen (secondary N) is 1. The van der Waals surface area contributed by atoms with Gasteiger partial charge in [-0.15, -0.1) is 0 Å². The van der Waals surface area contributed by atoms with E-state index in [-0.39, 0.29) is 12.2 Å². The van der Waals surface area contributed by atoms with Crippen LogP contribution in [0.25, 0.3) is 0 Å². The number of carbonyl (C=O) groups excluding carboxylic acids is 1. The van der Waals surface area contributed by atoms with Crippen molar-refractivity contribution >= 4 is 33.2 Å². The molecule has 0 aliphatic rings. The van der Waals surface area contributed by atoms with Crippen molar-refractivity contribution in [3.8, 4) is 17.2 Å². The number of carbonyl (C=O) groups is 1. The summed E-state index contributed by atoms with van der Waals surface area (Å²) in [6, 6.07) is 10.2. The van der Waals surface area contributed by atoms with Crippen LogP contribution >= 0.6 is 11.6 Å². The van der Waals surface area contributed by atoms with Crippen molar-refractivity contribution < 1.29 is 27.4 Å². The van der Waals surface area contributed by atoms with E-state index in [1.165, 1.54) is 13.2 Å². The Balaban J connectivity index is 1.98. The zero-order valence-corrected chi connectivity index (χ0v) is 19.5. The molecule has 0 unspecified atom stereocenters. The number of amides is 1. The third-order valence-corrected chi connectivity index (χ3v) is 5.87. The van der Waals surface area contributed by atoms with Crippen molar-refractivity contribution in [3.63, 3.8) is 0 Å². The molecule has 0 fully saturated rings. The molecule has 2 rings (SSSR count). The summed E-state index contributed by atoms with van der Waals surface area (Å²) in [6.45, 7) is 0.00333. The largest absolute Gasteiger partial charge is 0.495 e. The third-order valence-electron chi connectivity index (χ3n) is 4.51. The predicted molar refractivity (Wildman–Crippen MR) is 121 cm³/mol. The van der Waals surface area contributed by atoms with Gasteiger partial charge in [-0.1, -0.05) is 17.7 Å². The van der Waals surface area contributed by atoms with Gasteiger partial charge in [-0.05, 0) is 48.7 Å². The summed E-state index contributed by atoms with van der Waals surface area (Å²) < 4.78 is 41.3. The standard InChI is InChI=1S/C21H27ClN2O6S/c1-28-18-10-8-16(22)13-17(18)24(31(4,26)27)14-21(25)23-11-5-6-15-7-9-19(29-2)20(12-15)30-3/h7-10,12-13H,5-6,11,14H2,1-4H3,(H,23,25). The number of halogens is 1. The zero-order chi connectivity index (χ0) is 23.0. The maximum atomic E-state index is 12.4. The highest BCUT2D eigenvalue weighted by atomic mass is 35.5. The van der Waals surface area contributed by atoms with Crippen molar-refractivity contribution in [2.75, 3.05) is 45.0 Å². The maximum Gasteiger partial charge on any atom is 0.240 e. The Morgan fingerprint density at radius 1 is 1.00 bits per heavy atom. The number of aryl methyl sites for hydroxylation is 1.